The second kappa shape index (κ2) is 51.1. The SMILES string of the molecule is CC(C)c1ccc(N2CCC(C)(O)CC2)cn1.CC(C)c1ccc(N2CCC(C)(O)CC2)cn1.CC(C)c1ccc(N2CCC(O)(CN(C)C)CC2)cn1.CC(C)c1ccc(N2CCC(O)(CN3CCOCC3)CC2)cn1.COCC1(O)CCN(c2ccc(C(C)C)nc2)CC1.COc1cc(C(C)C)ncc1N1CCC(O)CC1.COc1cc(N2CCC(O)CC2)cnc1C(C)C. The van der Waals surface area contributed by atoms with Crippen LogP contribution in [-0.4, -0.2) is 294 Å². The van der Waals surface area contributed by atoms with Gasteiger partial charge in [-0.3, -0.25) is 39.8 Å². The molecule has 0 aliphatic carbocycles. The number of hydrogen-bond donors (Lipinski definition) is 7. The van der Waals surface area contributed by atoms with Crippen molar-refractivity contribution in [2.45, 2.75) is 282 Å². The molecule has 0 spiro atoms. The van der Waals surface area contributed by atoms with Crippen LogP contribution in [0.2, 0.25) is 0 Å². The Morgan fingerprint density at radius 3 is 0.955 bits per heavy atom. The highest BCUT2D eigenvalue weighted by Crippen LogP contribution is 2.37. The van der Waals surface area contributed by atoms with Crippen LogP contribution >= 0.6 is 0 Å². The van der Waals surface area contributed by atoms with Crippen molar-refractivity contribution >= 4 is 39.8 Å². The molecule has 0 bridgehead atoms. The normalized spacial score (nSPS) is 19.3. The summed E-state index contributed by atoms with van der Waals surface area (Å²) in [5, 5.41) is 70.6. The number of pyridine rings is 7. The number of rotatable bonds is 22. The molecule has 0 unspecified atom stereocenters. The van der Waals surface area contributed by atoms with Gasteiger partial charge in [-0.1, -0.05) is 96.9 Å². The number of hydrogen-bond acceptors (Lipinski definition) is 27. The van der Waals surface area contributed by atoms with Gasteiger partial charge in [0, 0.05) is 171 Å². The van der Waals surface area contributed by atoms with E-state index < -0.39 is 28.0 Å². The minimum Gasteiger partial charge on any atom is -0.495 e. The first-order chi connectivity index (χ1) is 62.7. The fourth-order valence-electron chi connectivity index (χ4n) is 17.8. The maximum absolute atomic E-state index is 10.9. The molecule has 0 saturated carbocycles. The maximum Gasteiger partial charge on any atom is 0.145 e. The summed E-state index contributed by atoms with van der Waals surface area (Å²) in [6.07, 6.45) is 24.7. The topological polar surface area (TPSA) is 298 Å². The third-order valence-electron chi connectivity index (χ3n) is 27.0. The van der Waals surface area contributed by atoms with E-state index in [1.54, 1.807) is 21.3 Å². The van der Waals surface area contributed by atoms with Crippen LogP contribution in [-0.2, 0) is 9.47 Å². The van der Waals surface area contributed by atoms with Crippen LogP contribution in [0.15, 0.2) is 116 Å². The van der Waals surface area contributed by atoms with Crippen molar-refractivity contribution < 1.29 is 54.7 Å². The Morgan fingerprint density at radius 2 is 0.652 bits per heavy atom. The molecule has 7 aromatic rings. The van der Waals surface area contributed by atoms with Gasteiger partial charge >= 0.3 is 0 Å². The molecule has 15 rings (SSSR count). The minimum atomic E-state index is -0.656. The predicted molar refractivity (Wildman–Crippen MR) is 537 cm³/mol. The predicted octanol–water partition coefficient (Wildman–Crippen LogP) is 15.6. The molecule has 0 amide bonds. The van der Waals surface area contributed by atoms with Gasteiger partial charge in [0.15, 0.2) is 0 Å². The highest BCUT2D eigenvalue weighted by Gasteiger charge is 2.38. The largest absolute Gasteiger partial charge is 0.495 e. The summed E-state index contributed by atoms with van der Waals surface area (Å²) >= 11 is 0. The van der Waals surface area contributed by atoms with E-state index in [1.165, 1.54) is 22.7 Å². The average Bonchev–Trinajstić information content (AvgIpc) is 0.753. The molecular weight excluding hydrogens is 1660 g/mol. The number of β-amino-alcohol motifs (C(OH)–C–C–N with tert-alkyl or cyclic N) is 1. The van der Waals surface area contributed by atoms with Crippen molar-refractivity contribution in [1.82, 2.24) is 44.7 Å². The number of nitrogens with zero attached hydrogens (tertiary/aromatic N) is 16. The molecule has 734 valence electrons. The lowest BCUT2D eigenvalue weighted by Crippen LogP contribution is -2.53. The molecule has 132 heavy (non-hydrogen) atoms. The van der Waals surface area contributed by atoms with E-state index in [1.807, 2.05) is 77.4 Å². The van der Waals surface area contributed by atoms with Crippen molar-refractivity contribution in [2.75, 3.05) is 207 Å². The Balaban J connectivity index is 0.000000174. The summed E-state index contributed by atoms with van der Waals surface area (Å²) in [7, 11) is 9.05. The Morgan fingerprint density at radius 1 is 0.348 bits per heavy atom. The zero-order valence-corrected chi connectivity index (χ0v) is 84.3. The summed E-state index contributed by atoms with van der Waals surface area (Å²) in [4.78, 5) is 52.0. The Bertz CT molecular complexity index is 4330. The van der Waals surface area contributed by atoms with Gasteiger partial charge in [-0.05, 0) is 220 Å². The van der Waals surface area contributed by atoms with Crippen LogP contribution in [0.3, 0.4) is 0 Å². The van der Waals surface area contributed by atoms with Crippen LogP contribution in [0.4, 0.5) is 39.8 Å². The highest BCUT2D eigenvalue weighted by atomic mass is 16.5. The minimum absolute atomic E-state index is 0.147. The molecule has 8 fully saturated rings. The van der Waals surface area contributed by atoms with Crippen LogP contribution in [0.25, 0.3) is 0 Å². The molecule has 0 radical (unpaired) electrons. The fraction of sp³-hybridized carbons (Fsp3) is 0.667. The van der Waals surface area contributed by atoms with E-state index in [-0.39, 0.29) is 12.2 Å². The molecule has 8 saturated heterocycles. The third-order valence-corrected chi connectivity index (χ3v) is 27.0. The maximum atomic E-state index is 10.9. The number of morpholine rings is 1. The van der Waals surface area contributed by atoms with Gasteiger partial charge in [0.25, 0.3) is 0 Å². The van der Waals surface area contributed by atoms with Crippen LogP contribution in [0.5, 0.6) is 11.5 Å². The van der Waals surface area contributed by atoms with Gasteiger partial charge in [-0.25, -0.2) is 0 Å². The van der Waals surface area contributed by atoms with Crippen LogP contribution < -0.4 is 43.8 Å². The van der Waals surface area contributed by atoms with E-state index in [2.05, 4.69) is 243 Å². The zero-order valence-electron chi connectivity index (χ0n) is 84.3. The van der Waals surface area contributed by atoms with Crippen molar-refractivity contribution in [2.24, 2.45) is 0 Å². The van der Waals surface area contributed by atoms with E-state index in [0.29, 0.717) is 48.0 Å². The molecule has 0 aromatic carbocycles. The van der Waals surface area contributed by atoms with Gasteiger partial charge in [0.05, 0.1) is 163 Å². The third kappa shape index (κ3) is 33.7. The summed E-state index contributed by atoms with van der Waals surface area (Å²) in [5.74, 6) is 4.84. The monoisotopic (exact) mass is 1830 g/mol. The summed E-state index contributed by atoms with van der Waals surface area (Å²) in [6.45, 7) is 51.7. The Hall–Kier alpha value is -8.19. The average molecular weight is 1830 g/mol. The molecule has 27 heteroatoms. The Kier molecular flexibility index (Phi) is 41.6. The summed E-state index contributed by atoms with van der Waals surface area (Å²) in [5.41, 5.74) is 12.9. The molecule has 0 atom stereocenters. The molecule has 8 aliphatic rings. The van der Waals surface area contributed by atoms with Gasteiger partial charge < -0.3 is 93.9 Å². The smallest absolute Gasteiger partial charge is 0.145 e. The van der Waals surface area contributed by atoms with Gasteiger partial charge in [0.2, 0.25) is 0 Å². The quantitative estimate of drug-likeness (QED) is 0.0332. The van der Waals surface area contributed by atoms with Crippen molar-refractivity contribution in [3.8, 4) is 11.5 Å². The number of aliphatic hydroxyl groups is 7. The van der Waals surface area contributed by atoms with Gasteiger partial charge in [0.1, 0.15) is 11.5 Å². The lowest BCUT2D eigenvalue weighted by atomic mass is 9.90. The van der Waals surface area contributed by atoms with Gasteiger partial charge in [-0.2, -0.15) is 0 Å². The molecule has 27 nitrogen and oxygen atoms in total. The molecule has 7 N–H and O–H groups in total. The number of ether oxygens (including phenoxy) is 4. The summed E-state index contributed by atoms with van der Waals surface area (Å²) < 4.78 is 21.4. The number of anilines is 7. The first-order valence-corrected chi connectivity index (χ1v) is 49.2. The second-order valence-electron chi connectivity index (χ2n) is 40.9. The van der Waals surface area contributed by atoms with E-state index in [9.17, 15) is 35.7 Å². The Labute approximate surface area is 792 Å². The number of piperidine rings is 7. The van der Waals surface area contributed by atoms with Crippen LogP contribution in [0.1, 0.15) is 282 Å². The van der Waals surface area contributed by atoms with E-state index in [4.69, 9.17) is 18.9 Å². The van der Waals surface area contributed by atoms with Crippen LogP contribution in [0, 0.1) is 0 Å². The lowest BCUT2D eigenvalue weighted by Gasteiger charge is -2.42. The van der Waals surface area contributed by atoms with Crippen molar-refractivity contribution in [3.63, 3.8) is 0 Å². The molecular formula is C105H168N16O11. The van der Waals surface area contributed by atoms with Crippen molar-refractivity contribution in [3.05, 3.63) is 156 Å². The number of aromatic nitrogens is 7. The summed E-state index contributed by atoms with van der Waals surface area (Å²) in [6, 6.07) is 25.3. The first kappa shape index (κ1) is 107. The molecule has 8 aliphatic heterocycles. The van der Waals surface area contributed by atoms with E-state index >= 15 is 0 Å². The second-order valence-corrected chi connectivity index (χ2v) is 40.9. The first-order valence-electron chi connectivity index (χ1n) is 49.2. The highest BCUT2D eigenvalue weighted by molar-refractivity contribution is 5.59. The molecule has 15 heterocycles. The number of methoxy groups -OCH3 is 3. The number of likely N-dealkylation sites (N-methyl/N-ethyl adjacent to an activating group) is 1. The van der Waals surface area contributed by atoms with E-state index in [0.717, 1.165) is 289 Å². The fourth-order valence-corrected chi connectivity index (χ4v) is 17.8. The number of aliphatic hydroxyl groups excluding tert-OH is 2. The van der Waals surface area contributed by atoms with Crippen molar-refractivity contribution in [1.29, 1.82) is 0 Å². The standard InChI is InChI=1S/C18H29N3O2.C16H27N3O.C15H24N2O2.2C14H22N2O2.2C14H22N2O/c1-15(2)17-4-3-16(13-19-17)21-7-5-18(22,6-8-21)14-20-9-11-23-12-10-20;1-13(2)15-6-5-14(11-17-15)19-9-7-16(20,8-10-19)12-18(3)4;1-12(2)14-5-4-13(10-16-14)17-8-6-15(18,7-9-17)11-19-3;1-10(2)14-13(18-3)8-11(9-15-14)16-6-4-12(17)5-7-16;1-10(2)12-8-14(18-3)13(9-15-12)16-6-4-11(17)5-7-16;2*1-11(2)13-5-4-12(10-15-13)16-8-6-14(3,17)7-9-16/h3-4,13,15,22H,5-12,14H2,1-2H3;5-6,11,13,20H,7-10,12H2,1-4H3;4-5,10,12,18H,6-9,11H2,1-3H3;8-10,12,17H,4-7H2,1-3H3;8-11,17H,4-7H2,1-3H3;2*4-5,10-11,17H,6-9H2,1-3H3. The zero-order chi connectivity index (χ0) is 96.1. The molecule has 7 aromatic heterocycles. The van der Waals surface area contributed by atoms with Gasteiger partial charge in [-0.15, -0.1) is 0 Å². The lowest BCUT2D eigenvalue weighted by molar-refractivity contribution is -0.0472.